The highest BCUT2D eigenvalue weighted by atomic mass is 32.2. The molecule has 0 fully saturated rings. The average Bonchev–Trinajstić information content (AvgIpc) is 2.65. The number of nitrogens with one attached hydrogen (secondary N) is 1. The minimum absolute atomic E-state index is 0.0427. The molecule has 0 aliphatic heterocycles. The molecule has 0 atom stereocenters. The van der Waals surface area contributed by atoms with Crippen LogP contribution in [0.25, 0.3) is 0 Å². The van der Waals surface area contributed by atoms with Gasteiger partial charge in [-0.15, -0.1) is 0 Å². The van der Waals surface area contributed by atoms with Gasteiger partial charge >= 0.3 is 5.97 Å². The summed E-state index contributed by atoms with van der Waals surface area (Å²) in [4.78, 5) is 23.2. The number of aromatic carboxylic acids is 1. The van der Waals surface area contributed by atoms with Gasteiger partial charge in [-0.1, -0.05) is 48.5 Å². The lowest BCUT2D eigenvalue weighted by Crippen LogP contribution is -2.40. The van der Waals surface area contributed by atoms with Gasteiger partial charge in [-0.2, -0.15) is 9.41 Å². The van der Waals surface area contributed by atoms with Gasteiger partial charge in [0.05, 0.1) is 24.6 Å². The normalized spacial score (nSPS) is 11.6. The molecule has 0 heterocycles. The number of carboxylic acids is 1. The molecule has 8 nitrogen and oxygen atoms in total. The molecule has 148 valence electrons. The molecule has 0 aliphatic carbocycles. The number of benzene rings is 2. The first-order chi connectivity index (χ1) is 13.3. The van der Waals surface area contributed by atoms with Crippen molar-refractivity contribution in [3.8, 4) is 0 Å². The van der Waals surface area contributed by atoms with Gasteiger partial charge in [0.1, 0.15) is 0 Å². The summed E-state index contributed by atoms with van der Waals surface area (Å²) in [5.41, 5.74) is 3.55. The van der Waals surface area contributed by atoms with Gasteiger partial charge in [0.2, 0.25) is 10.0 Å². The van der Waals surface area contributed by atoms with E-state index in [0.29, 0.717) is 12.0 Å². The summed E-state index contributed by atoms with van der Waals surface area (Å²) in [7, 11) is -3.58. The van der Waals surface area contributed by atoms with E-state index in [1.54, 1.807) is 18.2 Å². The highest BCUT2D eigenvalue weighted by Crippen LogP contribution is 2.06. The van der Waals surface area contributed by atoms with Crippen molar-refractivity contribution in [3.05, 3.63) is 71.3 Å². The predicted octanol–water partition coefficient (Wildman–Crippen LogP) is 1.34. The number of hydrogen-bond donors (Lipinski definition) is 2. The molecule has 0 bridgehead atoms. The van der Waals surface area contributed by atoms with Gasteiger partial charge < -0.3 is 5.11 Å². The van der Waals surface area contributed by atoms with Crippen molar-refractivity contribution in [2.75, 3.05) is 19.3 Å². The molecular weight excluding hydrogens is 382 g/mol. The second-order valence-electron chi connectivity index (χ2n) is 6.02. The lowest BCUT2D eigenvalue weighted by Gasteiger charge is -2.18. The quantitative estimate of drug-likeness (QED) is 0.484. The largest absolute Gasteiger partial charge is 0.478 e. The Hall–Kier alpha value is -3.04. The molecule has 0 aliphatic rings. The first-order valence-corrected chi connectivity index (χ1v) is 10.3. The fourth-order valence-electron chi connectivity index (χ4n) is 2.43. The third-order valence-electron chi connectivity index (χ3n) is 3.87. The van der Waals surface area contributed by atoms with E-state index < -0.39 is 21.9 Å². The minimum atomic E-state index is -3.58. The fourth-order valence-corrected chi connectivity index (χ4v) is 3.21. The SMILES string of the molecule is CS(=O)(=O)N(CCc1ccccc1)CC(=O)NN=Cc1ccccc1C(=O)O. The first kappa shape index (κ1) is 21.3. The van der Waals surface area contributed by atoms with Crippen LogP contribution in [-0.4, -0.2) is 55.3 Å². The van der Waals surface area contributed by atoms with E-state index in [2.05, 4.69) is 10.5 Å². The summed E-state index contributed by atoms with van der Waals surface area (Å²) < 4.78 is 25.0. The lowest BCUT2D eigenvalue weighted by molar-refractivity contribution is -0.121. The van der Waals surface area contributed by atoms with Crippen molar-refractivity contribution in [2.45, 2.75) is 6.42 Å². The van der Waals surface area contributed by atoms with Crippen molar-refractivity contribution in [1.29, 1.82) is 0 Å². The molecule has 0 radical (unpaired) electrons. The minimum Gasteiger partial charge on any atom is -0.478 e. The molecule has 2 N–H and O–H groups in total. The average molecular weight is 403 g/mol. The number of amides is 1. The summed E-state index contributed by atoms with van der Waals surface area (Å²) in [6.45, 7) is -0.231. The maximum absolute atomic E-state index is 12.1. The molecule has 9 heteroatoms. The van der Waals surface area contributed by atoms with E-state index in [1.807, 2.05) is 30.3 Å². The summed E-state index contributed by atoms with van der Waals surface area (Å²) >= 11 is 0. The zero-order valence-corrected chi connectivity index (χ0v) is 16.1. The Kier molecular flexibility index (Phi) is 7.42. The van der Waals surface area contributed by atoms with Gasteiger partial charge in [0.25, 0.3) is 5.91 Å². The first-order valence-electron chi connectivity index (χ1n) is 8.40. The Morgan fingerprint density at radius 1 is 1.11 bits per heavy atom. The molecule has 1 amide bonds. The Labute approximate surface area is 163 Å². The third-order valence-corrected chi connectivity index (χ3v) is 5.12. The predicted molar refractivity (Wildman–Crippen MR) is 106 cm³/mol. The summed E-state index contributed by atoms with van der Waals surface area (Å²) in [6, 6.07) is 15.5. The van der Waals surface area contributed by atoms with Crippen LogP contribution in [-0.2, 0) is 21.2 Å². The maximum Gasteiger partial charge on any atom is 0.336 e. The molecule has 0 unspecified atom stereocenters. The molecule has 0 aromatic heterocycles. The molecule has 28 heavy (non-hydrogen) atoms. The van der Waals surface area contributed by atoms with E-state index in [0.717, 1.165) is 16.1 Å². The van der Waals surface area contributed by atoms with Crippen molar-refractivity contribution in [2.24, 2.45) is 5.10 Å². The second-order valence-corrected chi connectivity index (χ2v) is 8.00. The number of rotatable bonds is 9. The molecule has 2 aromatic carbocycles. The van der Waals surface area contributed by atoms with E-state index in [4.69, 9.17) is 5.11 Å². The van der Waals surface area contributed by atoms with Gasteiger partial charge in [-0.3, -0.25) is 4.79 Å². The highest BCUT2D eigenvalue weighted by molar-refractivity contribution is 7.88. The smallest absolute Gasteiger partial charge is 0.336 e. The number of sulfonamides is 1. The van der Waals surface area contributed by atoms with Crippen molar-refractivity contribution in [3.63, 3.8) is 0 Å². The number of carboxylic acid groups (broad SMARTS) is 1. The Morgan fingerprint density at radius 3 is 2.39 bits per heavy atom. The summed E-state index contributed by atoms with van der Waals surface area (Å²) in [5, 5.41) is 12.8. The second kappa shape index (κ2) is 9.77. The standard InChI is InChI=1S/C19H21N3O5S/c1-28(26,27)22(12-11-15-7-3-2-4-8-15)14-18(23)21-20-13-16-9-5-6-10-17(16)19(24)25/h2-10,13H,11-12,14H2,1H3,(H,21,23)(H,24,25). The van der Waals surface area contributed by atoms with Gasteiger partial charge in [0, 0.05) is 12.1 Å². The summed E-state index contributed by atoms with van der Waals surface area (Å²) in [5.74, 6) is -1.74. The van der Waals surface area contributed by atoms with Crippen molar-refractivity contribution >= 4 is 28.1 Å². The van der Waals surface area contributed by atoms with Crippen molar-refractivity contribution < 1.29 is 23.1 Å². The van der Waals surface area contributed by atoms with E-state index in [-0.39, 0.29) is 18.7 Å². The molecule has 0 saturated carbocycles. The molecule has 0 spiro atoms. The van der Waals surface area contributed by atoms with Crippen LogP contribution in [0, 0.1) is 0 Å². The number of hydrazone groups is 1. The van der Waals surface area contributed by atoms with E-state index >= 15 is 0 Å². The van der Waals surface area contributed by atoms with Crippen LogP contribution in [0.4, 0.5) is 0 Å². The third kappa shape index (κ3) is 6.60. The molecule has 2 aromatic rings. The molecular formula is C19H21N3O5S. The lowest BCUT2D eigenvalue weighted by atomic mass is 10.1. The number of carbonyl (C=O) groups is 2. The van der Waals surface area contributed by atoms with E-state index in [1.165, 1.54) is 12.3 Å². The van der Waals surface area contributed by atoms with Gasteiger partial charge in [0.15, 0.2) is 0 Å². The van der Waals surface area contributed by atoms with Crippen LogP contribution >= 0.6 is 0 Å². The van der Waals surface area contributed by atoms with Gasteiger partial charge in [-0.05, 0) is 18.1 Å². The van der Waals surface area contributed by atoms with Crippen LogP contribution in [0.2, 0.25) is 0 Å². The van der Waals surface area contributed by atoms with E-state index in [9.17, 15) is 18.0 Å². The Morgan fingerprint density at radius 2 is 1.75 bits per heavy atom. The van der Waals surface area contributed by atoms with Crippen LogP contribution in [0.1, 0.15) is 21.5 Å². The van der Waals surface area contributed by atoms with Crippen LogP contribution in [0.3, 0.4) is 0 Å². The van der Waals surface area contributed by atoms with Crippen LogP contribution in [0.15, 0.2) is 59.7 Å². The zero-order valence-electron chi connectivity index (χ0n) is 15.3. The number of hydrogen-bond acceptors (Lipinski definition) is 5. The summed E-state index contributed by atoms with van der Waals surface area (Å²) in [6.07, 6.45) is 2.71. The van der Waals surface area contributed by atoms with Crippen LogP contribution in [0.5, 0.6) is 0 Å². The number of carbonyl (C=O) groups excluding carboxylic acids is 1. The van der Waals surface area contributed by atoms with Crippen molar-refractivity contribution in [1.82, 2.24) is 9.73 Å². The highest BCUT2D eigenvalue weighted by Gasteiger charge is 2.19. The monoisotopic (exact) mass is 403 g/mol. The molecule has 2 rings (SSSR count). The molecule has 0 saturated heterocycles. The topological polar surface area (TPSA) is 116 Å². The fraction of sp³-hybridized carbons (Fsp3) is 0.211. The van der Waals surface area contributed by atoms with Gasteiger partial charge in [-0.25, -0.2) is 18.6 Å². The number of nitrogens with zero attached hydrogens (tertiary/aromatic N) is 2. The zero-order chi connectivity index (χ0) is 20.6. The maximum atomic E-state index is 12.1. The Bertz CT molecular complexity index is 959. The Balaban J connectivity index is 1.97. The van der Waals surface area contributed by atoms with Crippen LogP contribution < -0.4 is 5.43 Å².